The third kappa shape index (κ3) is 6.85. The third-order valence-electron chi connectivity index (χ3n) is 4.83. The molecule has 0 radical (unpaired) electrons. The maximum atomic E-state index is 13.4. The van der Waals surface area contributed by atoms with E-state index in [9.17, 15) is 18.0 Å². The van der Waals surface area contributed by atoms with Gasteiger partial charge in [-0.1, -0.05) is 48.3 Å². The van der Waals surface area contributed by atoms with E-state index in [0.717, 1.165) is 10.6 Å². The van der Waals surface area contributed by atoms with Crippen molar-refractivity contribution >= 4 is 50.7 Å². The molecule has 0 saturated carbocycles. The molecule has 1 N–H and O–H groups in total. The number of rotatable bonds is 10. The van der Waals surface area contributed by atoms with Crippen LogP contribution in [0.3, 0.4) is 0 Å². The van der Waals surface area contributed by atoms with E-state index in [2.05, 4.69) is 5.32 Å². The first-order valence-electron chi connectivity index (χ1n) is 10.1. The third-order valence-corrected chi connectivity index (χ3v) is 6.59. The fourth-order valence-corrected chi connectivity index (χ4v) is 4.41. The number of sulfonamides is 1. The molecule has 0 unspecified atom stereocenters. The average molecular weight is 500 g/mol. The molecule has 2 aromatic rings. The highest BCUT2D eigenvalue weighted by Gasteiger charge is 2.31. The summed E-state index contributed by atoms with van der Waals surface area (Å²) < 4.78 is 26.0. The number of amides is 2. The van der Waals surface area contributed by atoms with Crippen LogP contribution in [0, 0.1) is 0 Å². The zero-order chi connectivity index (χ0) is 23.9. The standard InChI is InChI=1S/C22H27Cl2N3O4S/c1-4-20(22(29)25-5-2)26(14-16-8-6-7-9-19(16)24)21(28)15-27(32(3,30)31)18-12-10-17(23)11-13-18/h6-13,20H,4-5,14-15H2,1-3H3,(H,25,29)/t20-/m1/s1. The van der Waals surface area contributed by atoms with Crippen LogP contribution in [0.1, 0.15) is 25.8 Å². The molecule has 1 atom stereocenters. The second-order valence-corrected chi connectivity index (χ2v) is 9.93. The van der Waals surface area contributed by atoms with Crippen LogP contribution < -0.4 is 9.62 Å². The number of carbonyl (C=O) groups excluding carboxylic acids is 2. The van der Waals surface area contributed by atoms with Crippen LogP contribution in [0.4, 0.5) is 5.69 Å². The molecule has 0 fully saturated rings. The van der Waals surface area contributed by atoms with Crippen molar-refractivity contribution in [2.45, 2.75) is 32.9 Å². The summed E-state index contributed by atoms with van der Waals surface area (Å²) in [4.78, 5) is 27.5. The van der Waals surface area contributed by atoms with Gasteiger partial charge in [0, 0.05) is 23.1 Å². The number of halogens is 2. The van der Waals surface area contributed by atoms with Gasteiger partial charge < -0.3 is 10.2 Å². The van der Waals surface area contributed by atoms with Gasteiger partial charge in [-0.05, 0) is 49.2 Å². The second-order valence-electron chi connectivity index (χ2n) is 7.18. The highest BCUT2D eigenvalue weighted by molar-refractivity contribution is 7.92. The van der Waals surface area contributed by atoms with Crippen LogP contribution in [0.2, 0.25) is 10.0 Å². The summed E-state index contributed by atoms with van der Waals surface area (Å²) in [5.74, 6) is -0.837. The van der Waals surface area contributed by atoms with Gasteiger partial charge in [-0.25, -0.2) is 8.42 Å². The predicted octanol–water partition coefficient (Wildman–Crippen LogP) is 3.70. The number of carbonyl (C=O) groups is 2. The van der Waals surface area contributed by atoms with Gasteiger partial charge in [0.2, 0.25) is 21.8 Å². The molecule has 0 heterocycles. The van der Waals surface area contributed by atoms with Gasteiger partial charge in [0.25, 0.3) is 0 Å². The van der Waals surface area contributed by atoms with Crippen molar-refractivity contribution in [1.82, 2.24) is 10.2 Å². The lowest BCUT2D eigenvalue weighted by molar-refractivity contribution is -0.140. The van der Waals surface area contributed by atoms with Crippen molar-refractivity contribution < 1.29 is 18.0 Å². The lowest BCUT2D eigenvalue weighted by atomic mass is 10.1. The highest BCUT2D eigenvalue weighted by Crippen LogP contribution is 2.23. The van der Waals surface area contributed by atoms with Crippen LogP contribution in [0.25, 0.3) is 0 Å². The Morgan fingerprint density at radius 2 is 1.66 bits per heavy atom. The number of anilines is 1. The fourth-order valence-electron chi connectivity index (χ4n) is 3.24. The number of benzene rings is 2. The molecule has 0 aliphatic carbocycles. The lowest BCUT2D eigenvalue weighted by Gasteiger charge is -2.33. The molecular formula is C22H27Cl2N3O4S. The zero-order valence-corrected chi connectivity index (χ0v) is 20.5. The summed E-state index contributed by atoms with van der Waals surface area (Å²) in [5, 5.41) is 3.63. The van der Waals surface area contributed by atoms with Crippen LogP contribution in [-0.4, -0.2) is 50.5 Å². The smallest absolute Gasteiger partial charge is 0.244 e. The molecule has 2 aromatic carbocycles. The molecule has 0 aliphatic rings. The minimum Gasteiger partial charge on any atom is -0.355 e. The van der Waals surface area contributed by atoms with Gasteiger partial charge in [0.15, 0.2) is 0 Å². The molecular weight excluding hydrogens is 473 g/mol. The molecule has 0 bridgehead atoms. The second kappa shape index (κ2) is 11.5. The largest absolute Gasteiger partial charge is 0.355 e. The summed E-state index contributed by atoms with van der Waals surface area (Å²) in [6.45, 7) is 3.58. The highest BCUT2D eigenvalue weighted by atomic mass is 35.5. The van der Waals surface area contributed by atoms with Crippen LogP contribution in [0.15, 0.2) is 48.5 Å². The summed E-state index contributed by atoms with van der Waals surface area (Å²) in [6.07, 6.45) is 1.37. The van der Waals surface area contributed by atoms with E-state index in [0.29, 0.717) is 34.3 Å². The normalized spacial score (nSPS) is 12.2. The van der Waals surface area contributed by atoms with Crippen molar-refractivity contribution in [2.24, 2.45) is 0 Å². The molecule has 32 heavy (non-hydrogen) atoms. The number of nitrogens with zero attached hydrogens (tertiary/aromatic N) is 2. The van der Waals surface area contributed by atoms with E-state index in [1.807, 2.05) is 0 Å². The Hall–Kier alpha value is -2.29. The number of hydrogen-bond donors (Lipinski definition) is 1. The monoisotopic (exact) mass is 499 g/mol. The maximum Gasteiger partial charge on any atom is 0.244 e. The lowest BCUT2D eigenvalue weighted by Crippen LogP contribution is -2.52. The Bertz CT molecular complexity index is 1050. The Labute approximate surface area is 199 Å². The maximum absolute atomic E-state index is 13.4. The Kier molecular flexibility index (Phi) is 9.36. The summed E-state index contributed by atoms with van der Waals surface area (Å²) in [5.41, 5.74) is 0.955. The Morgan fingerprint density at radius 3 is 2.19 bits per heavy atom. The molecule has 174 valence electrons. The first kappa shape index (κ1) is 26.0. The van der Waals surface area contributed by atoms with Crippen molar-refractivity contribution in [3.05, 3.63) is 64.1 Å². The van der Waals surface area contributed by atoms with Gasteiger partial charge in [-0.2, -0.15) is 0 Å². The number of hydrogen-bond acceptors (Lipinski definition) is 4. The van der Waals surface area contributed by atoms with Gasteiger partial charge in [-0.3, -0.25) is 13.9 Å². The Balaban J connectivity index is 2.43. The molecule has 0 aromatic heterocycles. The van der Waals surface area contributed by atoms with E-state index in [-0.39, 0.29) is 12.5 Å². The summed E-state index contributed by atoms with van der Waals surface area (Å²) >= 11 is 12.2. The molecule has 0 saturated heterocycles. The van der Waals surface area contributed by atoms with Gasteiger partial charge in [0.1, 0.15) is 12.6 Å². The Morgan fingerprint density at radius 1 is 1.03 bits per heavy atom. The van der Waals surface area contributed by atoms with E-state index >= 15 is 0 Å². The zero-order valence-electron chi connectivity index (χ0n) is 18.2. The molecule has 0 spiro atoms. The molecule has 0 aliphatic heterocycles. The van der Waals surface area contributed by atoms with E-state index in [4.69, 9.17) is 23.2 Å². The minimum absolute atomic E-state index is 0.0619. The van der Waals surface area contributed by atoms with E-state index in [1.165, 1.54) is 17.0 Å². The first-order chi connectivity index (χ1) is 15.1. The van der Waals surface area contributed by atoms with Crippen molar-refractivity contribution in [3.8, 4) is 0 Å². The summed E-state index contributed by atoms with van der Waals surface area (Å²) in [7, 11) is -3.79. The SMILES string of the molecule is CCNC(=O)[C@@H](CC)N(Cc1ccccc1Cl)C(=O)CN(c1ccc(Cl)cc1)S(C)(=O)=O. The first-order valence-corrected chi connectivity index (χ1v) is 12.7. The summed E-state index contributed by atoms with van der Waals surface area (Å²) in [6, 6.07) is 12.4. The quantitative estimate of drug-likeness (QED) is 0.539. The van der Waals surface area contributed by atoms with Crippen molar-refractivity contribution in [2.75, 3.05) is 23.7 Å². The van der Waals surface area contributed by atoms with Crippen LogP contribution in [-0.2, 0) is 26.2 Å². The van der Waals surface area contributed by atoms with Crippen molar-refractivity contribution in [3.63, 3.8) is 0 Å². The molecule has 2 rings (SSSR count). The van der Waals surface area contributed by atoms with E-state index in [1.54, 1.807) is 50.2 Å². The van der Waals surface area contributed by atoms with Gasteiger partial charge in [-0.15, -0.1) is 0 Å². The average Bonchev–Trinajstić information content (AvgIpc) is 2.73. The number of nitrogens with one attached hydrogen (secondary N) is 1. The fraction of sp³-hybridized carbons (Fsp3) is 0.364. The van der Waals surface area contributed by atoms with Crippen LogP contribution in [0.5, 0.6) is 0 Å². The van der Waals surface area contributed by atoms with Crippen molar-refractivity contribution in [1.29, 1.82) is 0 Å². The molecule has 2 amide bonds. The predicted molar refractivity (Wildman–Crippen MR) is 128 cm³/mol. The van der Waals surface area contributed by atoms with E-state index < -0.39 is 28.5 Å². The minimum atomic E-state index is -3.79. The van der Waals surface area contributed by atoms with Gasteiger partial charge in [0.05, 0.1) is 11.9 Å². The van der Waals surface area contributed by atoms with Gasteiger partial charge >= 0.3 is 0 Å². The molecule has 10 heteroatoms. The topological polar surface area (TPSA) is 86.8 Å². The molecule has 7 nitrogen and oxygen atoms in total. The van der Waals surface area contributed by atoms with Crippen LogP contribution >= 0.6 is 23.2 Å². The number of likely N-dealkylation sites (N-methyl/N-ethyl adjacent to an activating group) is 1.